The van der Waals surface area contributed by atoms with Crippen molar-refractivity contribution in [2.45, 2.75) is 12.8 Å². The minimum Gasteiger partial charge on any atom is -0.478 e. The van der Waals surface area contributed by atoms with Crippen molar-refractivity contribution in [3.63, 3.8) is 0 Å². The number of hydrogen-bond donors (Lipinski definition) is 1. The summed E-state index contributed by atoms with van der Waals surface area (Å²) in [5.41, 5.74) is 0.683. The van der Waals surface area contributed by atoms with E-state index in [0.29, 0.717) is 9.13 Å². The third kappa shape index (κ3) is 2.43. The highest BCUT2D eigenvalue weighted by Crippen LogP contribution is 2.21. The van der Waals surface area contributed by atoms with E-state index in [9.17, 15) is 9.59 Å². The van der Waals surface area contributed by atoms with Crippen LogP contribution < -0.4 is 0 Å². The first kappa shape index (κ1) is 12.3. The van der Waals surface area contributed by atoms with Gasteiger partial charge < -0.3 is 10.0 Å². The number of carbonyl (C=O) groups is 2. The molecular formula is C12H12INO3. The smallest absolute Gasteiger partial charge is 0.336 e. The Balaban J connectivity index is 2.35. The fraction of sp³-hybridized carbons (Fsp3) is 0.333. The van der Waals surface area contributed by atoms with E-state index in [1.54, 1.807) is 17.0 Å². The van der Waals surface area contributed by atoms with Gasteiger partial charge in [0.25, 0.3) is 5.91 Å². The summed E-state index contributed by atoms with van der Waals surface area (Å²) >= 11 is 1.93. The van der Waals surface area contributed by atoms with Crippen molar-refractivity contribution in [1.29, 1.82) is 0 Å². The highest BCUT2D eigenvalue weighted by atomic mass is 127. The molecule has 1 heterocycles. The average molecular weight is 345 g/mol. The van der Waals surface area contributed by atoms with Gasteiger partial charge in [-0.1, -0.05) is 6.07 Å². The highest BCUT2D eigenvalue weighted by Gasteiger charge is 2.23. The van der Waals surface area contributed by atoms with Crippen molar-refractivity contribution in [3.05, 3.63) is 32.9 Å². The van der Waals surface area contributed by atoms with Crippen LogP contribution in [0.25, 0.3) is 0 Å². The van der Waals surface area contributed by atoms with Gasteiger partial charge in [-0.25, -0.2) is 4.79 Å². The first-order valence-corrected chi connectivity index (χ1v) is 6.50. The van der Waals surface area contributed by atoms with Crippen molar-refractivity contribution >= 4 is 34.5 Å². The Bertz CT molecular complexity index is 467. The second-order valence-corrected chi connectivity index (χ2v) is 5.05. The zero-order valence-corrected chi connectivity index (χ0v) is 11.3. The van der Waals surface area contributed by atoms with Gasteiger partial charge in [0, 0.05) is 16.7 Å². The lowest BCUT2D eigenvalue weighted by molar-refractivity contribution is 0.0695. The molecule has 90 valence electrons. The molecule has 1 aliphatic rings. The Morgan fingerprint density at radius 1 is 1.18 bits per heavy atom. The Morgan fingerprint density at radius 2 is 1.76 bits per heavy atom. The average Bonchev–Trinajstić information content (AvgIpc) is 2.81. The van der Waals surface area contributed by atoms with Crippen LogP contribution in [0.1, 0.15) is 33.6 Å². The van der Waals surface area contributed by atoms with Crippen LogP contribution in [-0.2, 0) is 0 Å². The van der Waals surface area contributed by atoms with Crippen molar-refractivity contribution in [1.82, 2.24) is 4.90 Å². The molecule has 1 N–H and O–H groups in total. The number of carboxylic acid groups (broad SMARTS) is 1. The molecule has 1 saturated heterocycles. The maximum atomic E-state index is 12.2. The molecule has 0 saturated carbocycles. The van der Waals surface area contributed by atoms with Crippen LogP contribution >= 0.6 is 22.6 Å². The molecule has 0 bridgehead atoms. The number of benzene rings is 1. The highest BCUT2D eigenvalue weighted by molar-refractivity contribution is 14.1. The van der Waals surface area contributed by atoms with Gasteiger partial charge in [0.05, 0.1) is 11.1 Å². The van der Waals surface area contributed by atoms with Gasteiger partial charge in [-0.15, -0.1) is 0 Å². The van der Waals surface area contributed by atoms with Crippen molar-refractivity contribution in [3.8, 4) is 0 Å². The van der Waals surface area contributed by atoms with E-state index in [0.717, 1.165) is 25.9 Å². The van der Waals surface area contributed by atoms with Gasteiger partial charge in [0.15, 0.2) is 0 Å². The molecule has 0 radical (unpaired) electrons. The van der Waals surface area contributed by atoms with E-state index in [4.69, 9.17) is 5.11 Å². The number of hydrogen-bond acceptors (Lipinski definition) is 2. The third-order valence-corrected chi connectivity index (χ3v) is 4.02. The molecule has 1 fully saturated rings. The van der Waals surface area contributed by atoms with Crippen molar-refractivity contribution in [2.24, 2.45) is 0 Å². The summed E-state index contributed by atoms with van der Waals surface area (Å²) in [7, 11) is 0. The minimum absolute atomic E-state index is 0.0602. The van der Waals surface area contributed by atoms with E-state index in [1.807, 2.05) is 22.6 Å². The van der Waals surface area contributed by atoms with Gasteiger partial charge >= 0.3 is 5.97 Å². The zero-order valence-electron chi connectivity index (χ0n) is 9.15. The summed E-state index contributed by atoms with van der Waals surface area (Å²) in [5, 5.41) is 9.01. The summed E-state index contributed by atoms with van der Waals surface area (Å²) in [6.07, 6.45) is 2.06. The number of rotatable bonds is 2. The molecule has 1 aliphatic heterocycles. The van der Waals surface area contributed by atoms with E-state index < -0.39 is 5.97 Å². The largest absolute Gasteiger partial charge is 0.478 e. The predicted molar refractivity (Wildman–Crippen MR) is 71.3 cm³/mol. The summed E-state index contributed by atoms with van der Waals surface area (Å²) in [6, 6.07) is 4.83. The molecule has 0 aromatic heterocycles. The van der Waals surface area contributed by atoms with E-state index in [1.165, 1.54) is 6.07 Å². The Morgan fingerprint density at radius 3 is 2.35 bits per heavy atom. The van der Waals surface area contributed by atoms with Crippen LogP contribution in [0.15, 0.2) is 18.2 Å². The molecule has 1 amide bonds. The Hall–Kier alpha value is -1.11. The molecule has 17 heavy (non-hydrogen) atoms. The topological polar surface area (TPSA) is 57.6 Å². The van der Waals surface area contributed by atoms with Crippen molar-refractivity contribution in [2.75, 3.05) is 13.1 Å². The first-order chi connectivity index (χ1) is 8.11. The lowest BCUT2D eigenvalue weighted by atomic mass is 10.1. The summed E-state index contributed by atoms with van der Waals surface area (Å²) in [4.78, 5) is 24.9. The monoisotopic (exact) mass is 345 g/mol. The number of aromatic carboxylic acids is 1. The molecule has 2 rings (SSSR count). The fourth-order valence-electron chi connectivity index (χ4n) is 1.95. The van der Waals surface area contributed by atoms with Crippen LogP contribution in [0.4, 0.5) is 0 Å². The van der Waals surface area contributed by atoms with Crippen LogP contribution in [0.3, 0.4) is 0 Å². The second-order valence-electron chi connectivity index (χ2n) is 3.97. The SMILES string of the molecule is O=C(O)c1cccc(C(=O)N2CCCC2)c1I. The lowest BCUT2D eigenvalue weighted by Crippen LogP contribution is -2.28. The van der Waals surface area contributed by atoms with Gasteiger partial charge in [-0.3, -0.25) is 4.79 Å². The maximum Gasteiger partial charge on any atom is 0.336 e. The number of amides is 1. The standard InChI is InChI=1S/C12H12INO3/c13-10-8(4-3-5-9(10)12(16)17)11(15)14-6-1-2-7-14/h3-5H,1-2,6-7H2,(H,16,17). The van der Waals surface area contributed by atoms with E-state index in [-0.39, 0.29) is 11.5 Å². The normalized spacial score (nSPS) is 15.0. The number of nitrogens with zero attached hydrogens (tertiary/aromatic N) is 1. The number of halogens is 1. The van der Waals surface area contributed by atoms with Crippen LogP contribution in [-0.4, -0.2) is 35.0 Å². The van der Waals surface area contributed by atoms with E-state index >= 15 is 0 Å². The number of carbonyl (C=O) groups excluding carboxylic acids is 1. The van der Waals surface area contributed by atoms with Gasteiger partial charge in [-0.05, 0) is 47.6 Å². The van der Waals surface area contributed by atoms with Crippen LogP contribution in [0.2, 0.25) is 0 Å². The van der Waals surface area contributed by atoms with Crippen LogP contribution in [0, 0.1) is 3.57 Å². The van der Waals surface area contributed by atoms with Gasteiger partial charge in [-0.2, -0.15) is 0 Å². The molecular weight excluding hydrogens is 333 g/mol. The number of likely N-dealkylation sites (tertiary alicyclic amines) is 1. The van der Waals surface area contributed by atoms with Gasteiger partial charge in [0.1, 0.15) is 0 Å². The van der Waals surface area contributed by atoms with Gasteiger partial charge in [0.2, 0.25) is 0 Å². The molecule has 5 heteroatoms. The third-order valence-electron chi connectivity index (χ3n) is 2.85. The second kappa shape index (κ2) is 5.03. The summed E-state index contributed by atoms with van der Waals surface area (Å²) in [5.74, 6) is -1.06. The van der Waals surface area contributed by atoms with Crippen molar-refractivity contribution < 1.29 is 14.7 Å². The maximum absolute atomic E-state index is 12.2. The molecule has 0 spiro atoms. The summed E-state index contributed by atoms with van der Waals surface area (Å²) in [6.45, 7) is 1.54. The minimum atomic E-state index is -0.995. The fourth-order valence-corrected chi connectivity index (χ4v) is 2.77. The molecule has 1 aromatic carbocycles. The lowest BCUT2D eigenvalue weighted by Gasteiger charge is -2.16. The first-order valence-electron chi connectivity index (χ1n) is 5.42. The number of carboxylic acids is 1. The molecule has 4 nitrogen and oxygen atoms in total. The quantitative estimate of drug-likeness (QED) is 0.837. The summed E-state index contributed by atoms with van der Waals surface area (Å²) < 4.78 is 0.523. The Kier molecular flexibility index (Phi) is 3.66. The van der Waals surface area contributed by atoms with Crippen LogP contribution in [0.5, 0.6) is 0 Å². The molecule has 1 aromatic rings. The zero-order chi connectivity index (χ0) is 12.4. The predicted octanol–water partition coefficient (Wildman–Crippen LogP) is 2.23. The molecule has 0 unspecified atom stereocenters. The molecule has 0 aliphatic carbocycles. The molecule has 0 atom stereocenters. The Labute approximate surface area is 113 Å². The van der Waals surface area contributed by atoms with E-state index in [2.05, 4.69) is 0 Å².